The topological polar surface area (TPSA) is 20.3 Å². The summed E-state index contributed by atoms with van der Waals surface area (Å²) in [6.45, 7) is 1.08. The van der Waals surface area contributed by atoms with E-state index in [9.17, 15) is 4.79 Å². The van der Waals surface area contributed by atoms with Crippen LogP contribution in [0.15, 0.2) is 42.5 Å². The summed E-state index contributed by atoms with van der Waals surface area (Å²) >= 11 is 0. The number of fused-ring (bicyclic) bond motifs is 1. The fourth-order valence-electron chi connectivity index (χ4n) is 2.96. The molecule has 17 heavy (non-hydrogen) atoms. The van der Waals surface area contributed by atoms with Crippen molar-refractivity contribution in [3.63, 3.8) is 0 Å². The third kappa shape index (κ3) is 2.05. The molecule has 0 amide bonds. The molecule has 0 radical (unpaired) electrons. The molecule has 1 aromatic rings. The van der Waals surface area contributed by atoms with Crippen LogP contribution in [0.25, 0.3) is 0 Å². The molecule has 2 atom stereocenters. The summed E-state index contributed by atoms with van der Waals surface area (Å²) in [7, 11) is 0. The third-order valence-electron chi connectivity index (χ3n) is 3.78. The van der Waals surface area contributed by atoms with Crippen LogP contribution < -0.4 is 0 Å². The number of carbonyl (C=O) groups excluding carboxylic acids is 1. The first-order valence-electron chi connectivity index (χ1n) is 6.33. The van der Waals surface area contributed by atoms with Gasteiger partial charge in [0, 0.05) is 31.5 Å². The number of hydrogen-bond donors (Lipinski definition) is 0. The van der Waals surface area contributed by atoms with Crippen LogP contribution in [-0.4, -0.2) is 23.3 Å². The Morgan fingerprint density at radius 3 is 2.76 bits per heavy atom. The minimum absolute atomic E-state index is 0.285. The van der Waals surface area contributed by atoms with Crippen LogP contribution in [0.5, 0.6) is 0 Å². The second-order valence-corrected chi connectivity index (χ2v) is 4.90. The summed E-state index contributed by atoms with van der Waals surface area (Å²) in [5.41, 5.74) is 1.28. The van der Waals surface area contributed by atoms with E-state index in [-0.39, 0.29) is 6.04 Å². The number of rotatable bonds is 1. The zero-order valence-electron chi connectivity index (χ0n) is 9.88. The average Bonchev–Trinajstić information content (AvgIpc) is 2.39. The van der Waals surface area contributed by atoms with E-state index in [1.165, 1.54) is 5.56 Å². The van der Waals surface area contributed by atoms with Gasteiger partial charge in [0.15, 0.2) is 0 Å². The van der Waals surface area contributed by atoms with Gasteiger partial charge in [-0.25, -0.2) is 0 Å². The van der Waals surface area contributed by atoms with Crippen LogP contribution in [-0.2, 0) is 4.79 Å². The van der Waals surface area contributed by atoms with Crippen molar-refractivity contribution in [2.75, 3.05) is 6.54 Å². The monoisotopic (exact) mass is 227 g/mol. The Morgan fingerprint density at radius 1 is 1.12 bits per heavy atom. The Kier molecular flexibility index (Phi) is 2.81. The van der Waals surface area contributed by atoms with Crippen molar-refractivity contribution in [3.05, 3.63) is 48.0 Å². The van der Waals surface area contributed by atoms with E-state index in [1.807, 2.05) is 6.07 Å². The van der Waals surface area contributed by atoms with Gasteiger partial charge in [-0.2, -0.15) is 0 Å². The van der Waals surface area contributed by atoms with E-state index in [4.69, 9.17) is 0 Å². The molecule has 1 fully saturated rings. The lowest BCUT2D eigenvalue weighted by Gasteiger charge is -2.42. The van der Waals surface area contributed by atoms with Gasteiger partial charge in [0.1, 0.15) is 5.78 Å². The van der Waals surface area contributed by atoms with Gasteiger partial charge in [-0.15, -0.1) is 0 Å². The summed E-state index contributed by atoms with van der Waals surface area (Å²) in [5, 5.41) is 0. The second-order valence-electron chi connectivity index (χ2n) is 4.90. The first kappa shape index (κ1) is 10.7. The molecule has 2 heteroatoms. The Balaban J connectivity index is 1.92. The van der Waals surface area contributed by atoms with Crippen molar-refractivity contribution in [2.24, 2.45) is 0 Å². The van der Waals surface area contributed by atoms with E-state index in [1.54, 1.807) is 0 Å². The zero-order chi connectivity index (χ0) is 11.7. The maximum absolute atomic E-state index is 11.8. The van der Waals surface area contributed by atoms with E-state index in [0.29, 0.717) is 24.7 Å². The molecule has 0 spiro atoms. The number of benzene rings is 1. The van der Waals surface area contributed by atoms with E-state index < -0.39 is 0 Å². The standard InChI is InChI=1S/C15H17NO/c17-14-10-13-8-4-5-9-16(13)15(11-14)12-6-2-1-3-7-12/h1-4,6-8,13,15H,5,9-11H2/t13-,15+/m0/s1. The van der Waals surface area contributed by atoms with Crippen molar-refractivity contribution in [1.82, 2.24) is 4.90 Å². The number of ketones is 1. The van der Waals surface area contributed by atoms with Crippen molar-refractivity contribution in [2.45, 2.75) is 31.3 Å². The van der Waals surface area contributed by atoms with Crippen LogP contribution in [0.4, 0.5) is 0 Å². The molecule has 1 aromatic carbocycles. The van der Waals surface area contributed by atoms with Crippen molar-refractivity contribution in [3.8, 4) is 0 Å². The van der Waals surface area contributed by atoms with Crippen LogP contribution in [0.3, 0.4) is 0 Å². The highest BCUT2D eigenvalue weighted by Crippen LogP contribution is 2.34. The molecule has 2 aliphatic heterocycles. The molecule has 0 saturated carbocycles. The van der Waals surface area contributed by atoms with Gasteiger partial charge in [-0.1, -0.05) is 42.5 Å². The summed E-state index contributed by atoms with van der Waals surface area (Å²) in [5.74, 6) is 0.395. The summed E-state index contributed by atoms with van der Waals surface area (Å²) in [6.07, 6.45) is 6.89. The van der Waals surface area contributed by atoms with Gasteiger partial charge in [0.25, 0.3) is 0 Å². The molecule has 3 rings (SSSR count). The highest BCUT2D eigenvalue weighted by Gasteiger charge is 2.34. The summed E-state index contributed by atoms with van der Waals surface area (Å²) < 4.78 is 0. The van der Waals surface area contributed by atoms with E-state index >= 15 is 0 Å². The number of hydrogen-bond acceptors (Lipinski definition) is 2. The van der Waals surface area contributed by atoms with Gasteiger partial charge < -0.3 is 0 Å². The lowest BCUT2D eigenvalue weighted by atomic mass is 9.88. The number of nitrogens with zero attached hydrogens (tertiary/aromatic N) is 1. The lowest BCUT2D eigenvalue weighted by molar-refractivity contribution is -0.124. The maximum atomic E-state index is 11.8. The van der Waals surface area contributed by atoms with Crippen LogP contribution >= 0.6 is 0 Å². The Labute approximate surface area is 102 Å². The third-order valence-corrected chi connectivity index (χ3v) is 3.78. The highest BCUT2D eigenvalue weighted by molar-refractivity contribution is 5.81. The Morgan fingerprint density at radius 2 is 1.94 bits per heavy atom. The number of Topliss-reactive ketones (excluding diaryl/α,β-unsaturated/α-hetero) is 1. The molecule has 2 aliphatic rings. The lowest BCUT2D eigenvalue weighted by Crippen LogP contribution is -2.45. The van der Waals surface area contributed by atoms with Gasteiger partial charge in [0.05, 0.1) is 0 Å². The van der Waals surface area contributed by atoms with Crippen LogP contribution in [0, 0.1) is 0 Å². The molecule has 0 unspecified atom stereocenters. The van der Waals surface area contributed by atoms with Gasteiger partial charge in [-0.05, 0) is 12.0 Å². The minimum Gasteiger partial charge on any atom is -0.300 e. The Bertz CT molecular complexity index is 437. The molecule has 88 valence electrons. The molecular formula is C15H17NO. The largest absolute Gasteiger partial charge is 0.300 e. The maximum Gasteiger partial charge on any atom is 0.136 e. The fourth-order valence-corrected chi connectivity index (χ4v) is 2.96. The average molecular weight is 227 g/mol. The molecule has 0 bridgehead atoms. The zero-order valence-corrected chi connectivity index (χ0v) is 9.88. The molecule has 0 aromatic heterocycles. The molecule has 2 nitrogen and oxygen atoms in total. The quantitative estimate of drug-likeness (QED) is 0.687. The van der Waals surface area contributed by atoms with Crippen LogP contribution in [0.1, 0.15) is 30.9 Å². The van der Waals surface area contributed by atoms with Crippen LogP contribution in [0.2, 0.25) is 0 Å². The van der Waals surface area contributed by atoms with Gasteiger partial charge >= 0.3 is 0 Å². The molecule has 0 N–H and O–H groups in total. The highest BCUT2D eigenvalue weighted by atomic mass is 16.1. The van der Waals surface area contributed by atoms with E-state index in [0.717, 1.165) is 13.0 Å². The first-order chi connectivity index (χ1) is 8.34. The SMILES string of the molecule is O=C1C[C@H](c2ccccc2)N2CCC=C[C@H]2C1. The predicted octanol–water partition coefficient (Wildman–Crippen LogP) is 2.72. The number of carbonyl (C=O) groups is 1. The smallest absolute Gasteiger partial charge is 0.136 e. The van der Waals surface area contributed by atoms with Gasteiger partial charge in [-0.3, -0.25) is 9.69 Å². The second kappa shape index (κ2) is 4.46. The van der Waals surface area contributed by atoms with E-state index in [2.05, 4.69) is 41.3 Å². The number of piperidine rings is 1. The Hall–Kier alpha value is -1.41. The van der Waals surface area contributed by atoms with Crippen molar-refractivity contribution >= 4 is 5.78 Å². The predicted molar refractivity (Wildman–Crippen MR) is 67.7 cm³/mol. The minimum atomic E-state index is 0.285. The molecule has 0 aliphatic carbocycles. The summed E-state index contributed by atoms with van der Waals surface area (Å²) in [4.78, 5) is 14.3. The van der Waals surface area contributed by atoms with Crippen molar-refractivity contribution < 1.29 is 4.79 Å². The van der Waals surface area contributed by atoms with Crippen molar-refractivity contribution in [1.29, 1.82) is 0 Å². The van der Waals surface area contributed by atoms with Gasteiger partial charge in [0.2, 0.25) is 0 Å². The summed E-state index contributed by atoms with van der Waals surface area (Å²) in [6, 6.07) is 11.0. The normalized spacial score (nSPS) is 29.1. The first-order valence-corrected chi connectivity index (χ1v) is 6.33. The molecular weight excluding hydrogens is 210 g/mol. The molecule has 1 saturated heterocycles. The molecule has 2 heterocycles. The fraction of sp³-hybridized carbons (Fsp3) is 0.400.